The van der Waals surface area contributed by atoms with Crippen LogP contribution in [0.25, 0.3) is 0 Å². The van der Waals surface area contributed by atoms with Crippen LogP contribution in [0.5, 0.6) is 5.75 Å². The number of ether oxygens (including phenoxy) is 1. The third kappa shape index (κ3) is 3.31. The Bertz CT molecular complexity index is 874. The SMILES string of the molecule is Cc1ccc(OCCN(C)C(=O)c2ccc3c(c2)C(=O)N(C)C3=O)cc1. The largest absolute Gasteiger partial charge is 0.492 e. The molecule has 3 amide bonds. The van der Waals surface area contributed by atoms with Gasteiger partial charge < -0.3 is 9.64 Å². The van der Waals surface area contributed by atoms with E-state index in [9.17, 15) is 14.4 Å². The van der Waals surface area contributed by atoms with Crippen LogP contribution in [0.2, 0.25) is 0 Å². The van der Waals surface area contributed by atoms with Crippen molar-refractivity contribution >= 4 is 17.7 Å². The standard InChI is InChI=1S/C20H20N2O4/c1-13-4-7-15(8-5-13)26-11-10-21(2)18(23)14-6-9-16-17(12-14)20(25)22(3)19(16)24/h4-9,12H,10-11H2,1-3H3. The van der Waals surface area contributed by atoms with Gasteiger partial charge in [-0.1, -0.05) is 17.7 Å². The van der Waals surface area contributed by atoms with Crippen molar-refractivity contribution in [3.63, 3.8) is 0 Å². The van der Waals surface area contributed by atoms with E-state index < -0.39 is 0 Å². The summed E-state index contributed by atoms with van der Waals surface area (Å²) < 4.78 is 5.64. The Morgan fingerprint density at radius 3 is 2.38 bits per heavy atom. The highest BCUT2D eigenvalue weighted by Crippen LogP contribution is 2.23. The predicted octanol–water partition coefficient (Wildman–Crippen LogP) is 2.37. The molecule has 0 saturated carbocycles. The molecule has 2 aromatic rings. The summed E-state index contributed by atoms with van der Waals surface area (Å²) in [5.74, 6) is -0.204. The maximum Gasteiger partial charge on any atom is 0.261 e. The van der Waals surface area contributed by atoms with Crippen LogP contribution in [-0.2, 0) is 0 Å². The number of aryl methyl sites for hydroxylation is 1. The molecule has 0 N–H and O–H groups in total. The van der Waals surface area contributed by atoms with E-state index in [0.717, 1.165) is 16.2 Å². The van der Waals surface area contributed by atoms with Gasteiger partial charge in [0.15, 0.2) is 0 Å². The number of imide groups is 1. The third-order valence-corrected chi connectivity index (χ3v) is 4.40. The minimum absolute atomic E-state index is 0.227. The van der Waals surface area contributed by atoms with Crippen molar-refractivity contribution in [2.75, 3.05) is 27.2 Å². The summed E-state index contributed by atoms with van der Waals surface area (Å²) in [6, 6.07) is 12.3. The molecule has 0 spiro atoms. The van der Waals surface area contributed by atoms with Crippen molar-refractivity contribution in [2.45, 2.75) is 6.92 Å². The first-order valence-electron chi connectivity index (χ1n) is 8.30. The van der Waals surface area contributed by atoms with E-state index in [1.54, 1.807) is 13.1 Å². The number of nitrogens with zero attached hydrogens (tertiary/aromatic N) is 2. The molecule has 0 aromatic heterocycles. The molecule has 0 unspecified atom stereocenters. The van der Waals surface area contributed by atoms with Gasteiger partial charge >= 0.3 is 0 Å². The van der Waals surface area contributed by atoms with E-state index in [1.807, 2.05) is 31.2 Å². The molecule has 1 aliphatic rings. The fourth-order valence-corrected chi connectivity index (χ4v) is 2.75. The molecular formula is C20H20N2O4. The van der Waals surface area contributed by atoms with Gasteiger partial charge in [-0.3, -0.25) is 19.3 Å². The highest BCUT2D eigenvalue weighted by molar-refractivity contribution is 6.21. The van der Waals surface area contributed by atoms with Crippen molar-refractivity contribution in [1.29, 1.82) is 0 Å². The molecule has 1 heterocycles. The van der Waals surface area contributed by atoms with Gasteiger partial charge in [-0.2, -0.15) is 0 Å². The van der Waals surface area contributed by atoms with Gasteiger partial charge in [0.25, 0.3) is 17.7 Å². The molecule has 134 valence electrons. The molecule has 2 aromatic carbocycles. The Hall–Kier alpha value is -3.15. The van der Waals surface area contributed by atoms with Crippen LogP contribution in [0.3, 0.4) is 0 Å². The Kier molecular flexibility index (Phi) is 4.75. The number of carbonyl (C=O) groups excluding carboxylic acids is 3. The van der Waals surface area contributed by atoms with E-state index >= 15 is 0 Å². The Labute approximate surface area is 152 Å². The van der Waals surface area contributed by atoms with Gasteiger partial charge in [-0.15, -0.1) is 0 Å². The summed E-state index contributed by atoms with van der Waals surface area (Å²) in [7, 11) is 3.11. The molecule has 1 aliphatic heterocycles. The van der Waals surface area contributed by atoms with Gasteiger partial charge in [-0.25, -0.2) is 0 Å². The maximum atomic E-state index is 12.6. The van der Waals surface area contributed by atoms with Gasteiger partial charge in [0.2, 0.25) is 0 Å². The average Bonchev–Trinajstić information content (AvgIpc) is 2.86. The van der Waals surface area contributed by atoms with E-state index in [0.29, 0.717) is 24.3 Å². The number of hydrogen-bond donors (Lipinski definition) is 0. The number of carbonyl (C=O) groups is 3. The summed E-state index contributed by atoms with van der Waals surface area (Å²) in [5, 5.41) is 0. The minimum atomic E-state index is -0.384. The number of hydrogen-bond acceptors (Lipinski definition) is 4. The van der Waals surface area contributed by atoms with Crippen molar-refractivity contribution in [2.24, 2.45) is 0 Å². The van der Waals surface area contributed by atoms with Crippen molar-refractivity contribution in [1.82, 2.24) is 9.80 Å². The van der Waals surface area contributed by atoms with Gasteiger partial charge in [0.05, 0.1) is 17.7 Å². The topological polar surface area (TPSA) is 66.9 Å². The second-order valence-electron chi connectivity index (χ2n) is 6.32. The summed E-state index contributed by atoms with van der Waals surface area (Å²) >= 11 is 0. The summed E-state index contributed by atoms with van der Waals surface area (Å²) in [6.07, 6.45) is 0. The van der Waals surface area contributed by atoms with Gasteiger partial charge in [0, 0.05) is 19.7 Å². The lowest BCUT2D eigenvalue weighted by molar-refractivity contribution is 0.0692. The molecule has 0 atom stereocenters. The van der Waals surface area contributed by atoms with E-state index in [2.05, 4.69) is 0 Å². The second-order valence-corrected chi connectivity index (χ2v) is 6.32. The highest BCUT2D eigenvalue weighted by Gasteiger charge is 2.33. The van der Waals surface area contributed by atoms with E-state index in [1.165, 1.54) is 24.1 Å². The zero-order valence-corrected chi connectivity index (χ0v) is 15.0. The minimum Gasteiger partial charge on any atom is -0.492 e. The Morgan fingerprint density at radius 2 is 1.69 bits per heavy atom. The van der Waals surface area contributed by atoms with Gasteiger partial charge in [0.1, 0.15) is 12.4 Å². The third-order valence-electron chi connectivity index (χ3n) is 4.40. The zero-order chi connectivity index (χ0) is 18.8. The van der Waals surface area contributed by atoms with Gasteiger partial charge in [-0.05, 0) is 37.3 Å². The molecular weight excluding hydrogens is 332 g/mol. The number of likely N-dealkylation sites (N-methyl/N-ethyl adjacent to an activating group) is 1. The first-order chi connectivity index (χ1) is 12.4. The van der Waals surface area contributed by atoms with Crippen LogP contribution >= 0.6 is 0 Å². The molecule has 0 radical (unpaired) electrons. The monoisotopic (exact) mass is 352 g/mol. The van der Waals surface area contributed by atoms with Crippen LogP contribution in [0, 0.1) is 6.92 Å². The summed E-state index contributed by atoms with van der Waals surface area (Å²) in [4.78, 5) is 39.1. The van der Waals surface area contributed by atoms with Crippen LogP contribution in [-0.4, -0.2) is 54.8 Å². The normalized spacial score (nSPS) is 13.0. The predicted molar refractivity (Wildman–Crippen MR) is 96.5 cm³/mol. The molecule has 0 bridgehead atoms. The Balaban J connectivity index is 1.63. The lowest BCUT2D eigenvalue weighted by Crippen LogP contribution is -2.31. The molecule has 3 rings (SSSR count). The molecule has 26 heavy (non-hydrogen) atoms. The lowest BCUT2D eigenvalue weighted by Gasteiger charge is -2.18. The number of rotatable bonds is 5. The van der Waals surface area contributed by atoms with Crippen molar-refractivity contribution in [3.8, 4) is 5.75 Å². The lowest BCUT2D eigenvalue weighted by atomic mass is 10.1. The smallest absolute Gasteiger partial charge is 0.261 e. The number of amides is 3. The first kappa shape index (κ1) is 17.7. The molecule has 0 saturated heterocycles. The Morgan fingerprint density at radius 1 is 1.04 bits per heavy atom. The van der Waals surface area contributed by atoms with Crippen LogP contribution in [0.1, 0.15) is 36.6 Å². The highest BCUT2D eigenvalue weighted by atomic mass is 16.5. The van der Waals surface area contributed by atoms with Crippen LogP contribution < -0.4 is 4.74 Å². The maximum absolute atomic E-state index is 12.6. The number of benzene rings is 2. The van der Waals surface area contributed by atoms with Crippen LogP contribution in [0.15, 0.2) is 42.5 Å². The van der Waals surface area contributed by atoms with E-state index in [4.69, 9.17) is 4.74 Å². The van der Waals surface area contributed by atoms with Crippen molar-refractivity contribution in [3.05, 3.63) is 64.7 Å². The summed E-state index contributed by atoms with van der Waals surface area (Å²) in [5.41, 5.74) is 2.13. The summed E-state index contributed by atoms with van der Waals surface area (Å²) in [6.45, 7) is 2.76. The number of fused-ring (bicyclic) bond motifs is 1. The second kappa shape index (κ2) is 7.00. The molecule has 0 aliphatic carbocycles. The fraction of sp³-hybridized carbons (Fsp3) is 0.250. The quantitative estimate of drug-likeness (QED) is 0.775. The fourth-order valence-electron chi connectivity index (χ4n) is 2.75. The zero-order valence-electron chi connectivity index (χ0n) is 15.0. The van der Waals surface area contributed by atoms with E-state index in [-0.39, 0.29) is 23.3 Å². The molecule has 0 fully saturated rings. The molecule has 6 nitrogen and oxygen atoms in total. The molecule has 6 heteroatoms. The average molecular weight is 352 g/mol. The van der Waals surface area contributed by atoms with Crippen molar-refractivity contribution < 1.29 is 19.1 Å². The first-order valence-corrected chi connectivity index (χ1v) is 8.30. The van der Waals surface area contributed by atoms with Crippen LogP contribution in [0.4, 0.5) is 0 Å².